The van der Waals surface area contributed by atoms with Crippen molar-refractivity contribution in [2.45, 2.75) is 13.8 Å². The molecule has 2 N–H and O–H groups in total. The third-order valence-corrected chi connectivity index (χ3v) is 0.333. The van der Waals surface area contributed by atoms with Crippen LogP contribution in [0.4, 0.5) is 0 Å². The molecular weight excluding hydrogens is 144 g/mol. The van der Waals surface area contributed by atoms with E-state index in [4.69, 9.17) is 17.5 Å². The summed E-state index contributed by atoms with van der Waals surface area (Å²) in [5, 5.41) is 0. The molecule has 0 rings (SSSR count). The van der Waals surface area contributed by atoms with Crippen molar-refractivity contribution in [2.75, 3.05) is 0 Å². The molecule has 0 aliphatic heterocycles. The van der Waals surface area contributed by atoms with Gasteiger partial charge in [0.1, 0.15) is 0 Å². The van der Waals surface area contributed by atoms with E-state index < -0.39 is 10.4 Å². The zero-order valence-electron chi connectivity index (χ0n) is 5.27. The quantitative estimate of drug-likeness (QED) is 0.402. The van der Waals surface area contributed by atoms with Crippen LogP contribution < -0.4 is 0 Å². The Morgan fingerprint density at radius 2 is 1.22 bits per heavy atom. The Balaban J connectivity index is 0. The normalized spacial score (nSPS) is 10.7. The summed E-state index contributed by atoms with van der Waals surface area (Å²) in [6.45, 7) is 4.00. The fourth-order valence-corrected chi connectivity index (χ4v) is 0. The predicted octanol–water partition coefficient (Wildman–Crippen LogP) is 0.930. The van der Waals surface area contributed by atoms with Gasteiger partial charge in [-0.25, -0.2) is 0 Å². The van der Waals surface area contributed by atoms with E-state index in [1.807, 2.05) is 26.0 Å². The lowest BCUT2D eigenvalue weighted by molar-refractivity contribution is 0.381. The van der Waals surface area contributed by atoms with Crippen LogP contribution in [0.1, 0.15) is 13.8 Å². The van der Waals surface area contributed by atoms with E-state index in [0.29, 0.717) is 0 Å². The maximum Gasteiger partial charge on any atom is 0.394 e. The average Bonchev–Trinajstić information content (AvgIpc) is 1.61. The molecule has 0 heterocycles. The third-order valence-electron chi connectivity index (χ3n) is 0.333. The molecule has 0 bridgehead atoms. The summed E-state index contributed by atoms with van der Waals surface area (Å²) >= 11 is 0. The molecule has 5 heteroatoms. The minimum absolute atomic E-state index is 2.00. The lowest BCUT2D eigenvalue weighted by Gasteiger charge is -1.68. The van der Waals surface area contributed by atoms with Crippen molar-refractivity contribution < 1.29 is 17.5 Å². The van der Waals surface area contributed by atoms with Crippen LogP contribution in [0.25, 0.3) is 0 Å². The lowest BCUT2D eigenvalue weighted by Crippen LogP contribution is -1.89. The van der Waals surface area contributed by atoms with Gasteiger partial charge in [0.2, 0.25) is 0 Å². The van der Waals surface area contributed by atoms with Crippen molar-refractivity contribution in [3.63, 3.8) is 0 Å². The summed E-state index contributed by atoms with van der Waals surface area (Å²) in [5.74, 6) is 0. The third kappa shape index (κ3) is 644. The molecule has 0 amide bonds. The molecule has 0 unspecified atom stereocenters. The highest BCUT2D eigenvalue weighted by atomic mass is 32.3. The Bertz CT molecular complexity index is 143. The Labute approximate surface area is 54.8 Å². The summed E-state index contributed by atoms with van der Waals surface area (Å²) < 4.78 is 31.6. The van der Waals surface area contributed by atoms with Gasteiger partial charge in [-0.15, -0.1) is 0 Å². The van der Waals surface area contributed by atoms with Crippen molar-refractivity contribution >= 4 is 10.4 Å². The minimum atomic E-state index is -4.67. The topological polar surface area (TPSA) is 74.6 Å². The molecule has 0 radical (unpaired) electrons. The molecule has 56 valence electrons. The molecule has 0 aromatic carbocycles. The molecule has 0 fully saturated rings. The highest BCUT2D eigenvalue weighted by Crippen LogP contribution is 1.59. The van der Waals surface area contributed by atoms with Gasteiger partial charge in [0.25, 0.3) is 0 Å². The second kappa shape index (κ2) is 5.74. The molecular formula is C4H10O4S. The molecule has 9 heavy (non-hydrogen) atoms. The summed E-state index contributed by atoms with van der Waals surface area (Å²) in [6.07, 6.45) is 4.00. The van der Waals surface area contributed by atoms with Crippen molar-refractivity contribution in [1.82, 2.24) is 0 Å². The average molecular weight is 154 g/mol. The lowest BCUT2D eigenvalue weighted by atomic mass is 10.6. The van der Waals surface area contributed by atoms with Crippen LogP contribution in [-0.2, 0) is 10.4 Å². The molecule has 0 atom stereocenters. The number of allylic oxidation sites excluding steroid dienone is 2. The van der Waals surface area contributed by atoms with E-state index in [2.05, 4.69) is 0 Å². The van der Waals surface area contributed by atoms with Crippen LogP contribution in [0.3, 0.4) is 0 Å². The number of hydrogen-bond acceptors (Lipinski definition) is 2. The Morgan fingerprint density at radius 3 is 1.22 bits per heavy atom. The fraction of sp³-hybridized carbons (Fsp3) is 0.500. The highest BCUT2D eigenvalue weighted by molar-refractivity contribution is 7.79. The monoisotopic (exact) mass is 154 g/mol. The molecule has 0 aliphatic rings. The first-order chi connectivity index (χ1) is 3.91. The minimum Gasteiger partial charge on any atom is -0.264 e. The SMILES string of the molecule is CC=CC.O=S(=O)(O)O. The van der Waals surface area contributed by atoms with Gasteiger partial charge in [-0.05, 0) is 13.8 Å². The smallest absolute Gasteiger partial charge is 0.264 e. The Kier molecular flexibility index (Phi) is 7.28. The van der Waals surface area contributed by atoms with Crippen molar-refractivity contribution in [2.24, 2.45) is 0 Å². The summed E-state index contributed by atoms with van der Waals surface area (Å²) in [5.41, 5.74) is 0. The standard InChI is InChI=1S/C4H8.H2O4S/c1-3-4-2;1-5(2,3)4/h3-4H,1-2H3;(H2,1,2,3,4). The molecule has 0 spiro atoms. The molecule has 4 nitrogen and oxygen atoms in total. The van der Waals surface area contributed by atoms with Crippen LogP contribution in [0.2, 0.25) is 0 Å². The van der Waals surface area contributed by atoms with Gasteiger partial charge >= 0.3 is 10.4 Å². The van der Waals surface area contributed by atoms with Crippen molar-refractivity contribution in [3.8, 4) is 0 Å². The van der Waals surface area contributed by atoms with E-state index in [1.165, 1.54) is 0 Å². The molecule has 0 aromatic rings. The van der Waals surface area contributed by atoms with Crippen molar-refractivity contribution in [1.29, 1.82) is 0 Å². The van der Waals surface area contributed by atoms with Gasteiger partial charge in [0.15, 0.2) is 0 Å². The zero-order valence-corrected chi connectivity index (χ0v) is 6.09. The second-order valence-electron chi connectivity index (χ2n) is 1.11. The van der Waals surface area contributed by atoms with Gasteiger partial charge in [-0.2, -0.15) is 8.42 Å². The maximum atomic E-state index is 8.74. The van der Waals surface area contributed by atoms with Crippen LogP contribution in [0.5, 0.6) is 0 Å². The van der Waals surface area contributed by atoms with Crippen molar-refractivity contribution in [3.05, 3.63) is 12.2 Å². The van der Waals surface area contributed by atoms with E-state index in [-0.39, 0.29) is 0 Å². The highest BCUT2D eigenvalue weighted by Gasteiger charge is 1.84. The predicted molar refractivity (Wildman–Crippen MR) is 34.7 cm³/mol. The number of rotatable bonds is 0. The summed E-state index contributed by atoms with van der Waals surface area (Å²) in [4.78, 5) is 0. The Morgan fingerprint density at radius 1 is 1.11 bits per heavy atom. The van der Waals surface area contributed by atoms with E-state index >= 15 is 0 Å². The zero-order chi connectivity index (χ0) is 7.91. The largest absolute Gasteiger partial charge is 0.394 e. The fourth-order valence-electron chi connectivity index (χ4n) is 0. The first kappa shape index (κ1) is 11.4. The van der Waals surface area contributed by atoms with Gasteiger partial charge in [-0.3, -0.25) is 9.11 Å². The van der Waals surface area contributed by atoms with Crippen LogP contribution in [-0.4, -0.2) is 17.5 Å². The van der Waals surface area contributed by atoms with E-state index in [0.717, 1.165) is 0 Å². The first-order valence-electron chi connectivity index (χ1n) is 2.19. The molecule has 0 aromatic heterocycles. The Hall–Kier alpha value is -0.390. The van der Waals surface area contributed by atoms with Crippen LogP contribution in [0, 0.1) is 0 Å². The second-order valence-corrected chi connectivity index (χ2v) is 2.01. The van der Waals surface area contributed by atoms with Gasteiger partial charge in [0, 0.05) is 0 Å². The van der Waals surface area contributed by atoms with Gasteiger partial charge in [-0.1, -0.05) is 12.2 Å². The van der Waals surface area contributed by atoms with E-state index in [9.17, 15) is 0 Å². The van der Waals surface area contributed by atoms with Gasteiger partial charge in [0.05, 0.1) is 0 Å². The van der Waals surface area contributed by atoms with E-state index in [1.54, 1.807) is 0 Å². The maximum absolute atomic E-state index is 8.74. The summed E-state index contributed by atoms with van der Waals surface area (Å²) in [6, 6.07) is 0. The molecule has 0 saturated heterocycles. The molecule has 0 aliphatic carbocycles. The first-order valence-corrected chi connectivity index (χ1v) is 3.58. The van der Waals surface area contributed by atoms with Gasteiger partial charge < -0.3 is 0 Å². The van der Waals surface area contributed by atoms with Crippen LogP contribution in [0.15, 0.2) is 12.2 Å². The molecule has 0 saturated carbocycles. The number of hydrogen-bond donors (Lipinski definition) is 2. The summed E-state index contributed by atoms with van der Waals surface area (Å²) in [7, 11) is -4.67. The van der Waals surface area contributed by atoms with Crippen LogP contribution >= 0.6 is 0 Å².